The van der Waals surface area contributed by atoms with Crippen molar-refractivity contribution in [2.24, 2.45) is 0 Å². The van der Waals surface area contributed by atoms with Gasteiger partial charge in [0.05, 0.1) is 18.8 Å². The number of fused-ring (bicyclic) bond motifs is 1. The topological polar surface area (TPSA) is 21.3 Å². The van der Waals surface area contributed by atoms with Crippen LogP contribution in [0.15, 0.2) is 34.8 Å². The van der Waals surface area contributed by atoms with Crippen molar-refractivity contribution >= 4 is 21.6 Å². The Morgan fingerprint density at radius 2 is 2.10 bits per heavy atom. The number of anilines is 1. The van der Waals surface area contributed by atoms with E-state index in [0.29, 0.717) is 28.6 Å². The number of hydrogen-bond acceptors (Lipinski definition) is 2. The first kappa shape index (κ1) is 14.3. The predicted octanol–water partition coefficient (Wildman–Crippen LogP) is 4.84. The van der Waals surface area contributed by atoms with Gasteiger partial charge in [0.25, 0.3) is 0 Å². The van der Waals surface area contributed by atoms with Crippen LogP contribution in [0.2, 0.25) is 0 Å². The molecular weight excluding hydrogens is 340 g/mol. The molecule has 0 amide bonds. The molecule has 2 aromatic carbocycles. The molecule has 2 nitrogen and oxygen atoms in total. The maximum Gasteiger partial charge on any atom is 0.164 e. The summed E-state index contributed by atoms with van der Waals surface area (Å²) in [5.41, 5.74) is 2.10. The Morgan fingerprint density at radius 3 is 2.86 bits per heavy atom. The number of methoxy groups -OCH3 is 1. The van der Waals surface area contributed by atoms with Crippen molar-refractivity contribution in [3.05, 3.63) is 57.6 Å². The zero-order valence-electron chi connectivity index (χ0n) is 11.4. The van der Waals surface area contributed by atoms with Gasteiger partial charge in [-0.1, -0.05) is 12.1 Å². The van der Waals surface area contributed by atoms with E-state index in [1.54, 1.807) is 7.11 Å². The predicted molar refractivity (Wildman–Crippen MR) is 81.7 cm³/mol. The van der Waals surface area contributed by atoms with Crippen LogP contribution in [0, 0.1) is 11.6 Å². The van der Waals surface area contributed by atoms with E-state index in [2.05, 4.69) is 21.2 Å². The van der Waals surface area contributed by atoms with Crippen LogP contribution in [0.4, 0.5) is 14.5 Å². The lowest BCUT2D eigenvalue weighted by molar-refractivity contribution is 0.413. The summed E-state index contributed by atoms with van der Waals surface area (Å²) in [6, 6.07) is 8.97. The Labute approximate surface area is 130 Å². The van der Waals surface area contributed by atoms with Crippen LogP contribution in [0.25, 0.3) is 0 Å². The van der Waals surface area contributed by atoms with Crippen molar-refractivity contribution in [2.75, 3.05) is 12.4 Å². The number of rotatable bonds is 2. The molecule has 1 N–H and O–H groups in total. The molecule has 0 saturated heterocycles. The Hall–Kier alpha value is -1.62. The minimum Gasteiger partial charge on any atom is -0.497 e. The van der Waals surface area contributed by atoms with Gasteiger partial charge < -0.3 is 10.1 Å². The summed E-state index contributed by atoms with van der Waals surface area (Å²) in [4.78, 5) is 0. The van der Waals surface area contributed by atoms with Crippen LogP contribution < -0.4 is 10.1 Å². The van der Waals surface area contributed by atoms with Gasteiger partial charge in [0.1, 0.15) is 5.75 Å². The summed E-state index contributed by atoms with van der Waals surface area (Å²) in [5, 5.41) is 3.29. The number of hydrogen-bond donors (Lipinski definition) is 1. The highest BCUT2D eigenvalue weighted by molar-refractivity contribution is 9.10. The third-order valence-electron chi connectivity index (χ3n) is 3.77. The molecule has 2 aromatic rings. The van der Waals surface area contributed by atoms with Crippen molar-refractivity contribution in [3.8, 4) is 5.75 Å². The van der Waals surface area contributed by atoms with Crippen LogP contribution in [0.1, 0.15) is 23.6 Å². The van der Waals surface area contributed by atoms with Crippen molar-refractivity contribution in [1.82, 2.24) is 0 Å². The first-order valence-electron chi connectivity index (χ1n) is 6.67. The molecule has 1 heterocycles. The number of benzene rings is 2. The average Bonchev–Trinajstić information content (AvgIpc) is 2.52. The van der Waals surface area contributed by atoms with Crippen LogP contribution in [0.3, 0.4) is 0 Å². The van der Waals surface area contributed by atoms with Gasteiger partial charge in [-0.3, -0.25) is 0 Å². The molecule has 1 aliphatic rings. The molecule has 0 spiro atoms. The second kappa shape index (κ2) is 5.64. The van der Waals surface area contributed by atoms with Gasteiger partial charge in [-0.05, 0) is 52.5 Å². The second-order valence-electron chi connectivity index (χ2n) is 5.02. The zero-order valence-corrected chi connectivity index (χ0v) is 13.0. The standard InChI is InChI=1S/C16H14BrF2NO/c1-21-10-4-2-3-9(7-10)14-6-5-11-15(19)13(18)8-12(17)16(11)20-14/h2-4,7-8,14,20H,5-6H2,1H3. The lowest BCUT2D eigenvalue weighted by atomic mass is 9.93. The molecule has 0 bridgehead atoms. The van der Waals surface area contributed by atoms with E-state index >= 15 is 0 Å². The fourth-order valence-electron chi connectivity index (χ4n) is 2.68. The van der Waals surface area contributed by atoms with E-state index in [4.69, 9.17) is 4.74 Å². The minimum absolute atomic E-state index is 0.0498. The van der Waals surface area contributed by atoms with Crippen LogP contribution in [-0.2, 0) is 6.42 Å². The van der Waals surface area contributed by atoms with Crippen LogP contribution in [-0.4, -0.2) is 7.11 Å². The van der Waals surface area contributed by atoms with Crippen LogP contribution >= 0.6 is 15.9 Å². The molecule has 21 heavy (non-hydrogen) atoms. The molecule has 110 valence electrons. The Bertz CT molecular complexity index is 690. The van der Waals surface area contributed by atoms with Gasteiger partial charge in [0, 0.05) is 10.0 Å². The molecule has 5 heteroatoms. The number of ether oxygens (including phenoxy) is 1. The smallest absolute Gasteiger partial charge is 0.164 e. The Morgan fingerprint density at radius 1 is 1.29 bits per heavy atom. The minimum atomic E-state index is -0.817. The zero-order chi connectivity index (χ0) is 15.0. The number of nitrogens with one attached hydrogen (secondary N) is 1. The summed E-state index contributed by atoms with van der Waals surface area (Å²) in [5.74, 6) is -0.795. The van der Waals surface area contributed by atoms with Crippen molar-refractivity contribution in [1.29, 1.82) is 0 Å². The molecule has 0 radical (unpaired) electrons. The molecule has 1 unspecified atom stereocenters. The average molecular weight is 354 g/mol. The first-order chi connectivity index (χ1) is 10.1. The van der Waals surface area contributed by atoms with E-state index in [-0.39, 0.29) is 6.04 Å². The summed E-state index contributed by atoms with van der Waals surface area (Å²) < 4.78 is 33.1. The molecule has 0 aliphatic carbocycles. The first-order valence-corrected chi connectivity index (χ1v) is 7.46. The van der Waals surface area contributed by atoms with Gasteiger partial charge in [-0.2, -0.15) is 0 Å². The second-order valence-corrected chi connectivity index (χ2v) is 5.87. The summed E-state index contributed by atoms with van der Waals surface area (Å²) >= 11 is 3.30. The summed E-state index contributed by atoms with van der Waals surface area (Å²) in [6.45, 7) is 0. The molecule has 0 fully saturated rings. The van der Waals surface area contributed by atoms with E-state index in [0.717, 1.165) is 17.4 Å². The van der Waals surface area contributed by atoms with Gasteiger partial charge in [0.15, 0.2) is 11.6 Å². The van der Waals surface area contributed by atoms with Crippen molar-refractivity contribution in [2.45, 2.75) is 18.9 Å². The SMILES string of the molecule is COc1cccc(C2CCc3c(F)c(F)cc(Br)c3N2)c1. The Kier molecular flexibility index (Phi) is 3.85. The maximum absolute atomic E-state index is 13.9. The van der Waals surface area contributed by atoms with E-state index in [9.17, 15) is 8.78 Å². The largest absolute Gasteiger partial charge is 0.497 e. The Balaban J connectivity index is 1.96. The molecule has 0 aromatic heterocycles. The van der Waals surface area contributed by atoms with Crippen LogP contribution in [0.5, 0.6) is 5.75 Å². The van der Waals surface area contributed by atoms with E-state index in [1.165, 1.54) is 0 Å². The quantitative estimate of drug-likeness (QED) is 0.780. The third-order valence-corrected chi connectivity index (χ3v) is 4.39. The molecule has 3 rings (SSSR count). The van der Waals surface area contributed by atoms with E-state index < -0.39 is 11.6 Å². The lowest BCUT2D eigenvalue weighted by Crippen LogP contribution is -2.20. The molecule has 1 atom stereocenters. The highest BCUT2D eigenvalue weighted by atomic mass is 79.9. The molecular formula is C16H14BrF2NO. The van der Waals surface area contributed by atoms with Gasteiger partial charge >= 0.3 is 0 Å². The number of halogens is 3. The van der Waals surface area contributed by atoms with Crippen molar-refractivity contribution < 1.29 is 13.5 Å². The van der Waals surface area contributed by atoms with Crippen molar-refractivity contribution in [3.63, 3.8) is 0 Å². The molecule has 1 aliphatic heterocycles. The van der Waals surface area contributed by atoms with Gasteiger partial charge in [0.2, 0.25) is 0 Å². The third kappa shape index (κ3) is 2.62. The highest BCUT2D eigenvalue weighted by Crippen LogP contribution is 2.39. The van der Waals surface area contributed by atoms with Gasteiger partial charge in [-0.25, -0.2) is 8.78 Å². The van der Waals surface area contributed by atoms with Gasteiger partial charge in [-0.15, -0.1) is 0 Å². The maximum atomic E-state index is 13.9. The summed E-state index contributed by atoms with van der Waals surface area (Å²) in [6.07, 6.45) is 1.19. The summed E-state index contributed by atoms with van der Waals surface area (Å²) in [7, 11) is 1.62. The van der Waals surface area contributed by atoms with E-state index in [1.807, 2.05) is 24.3 Å². The molecule has 0 saturated carbocycles. The normalized spacial score (nSPS) is 17.0. The monoisotopic (exact) mass is 353 g/mol. The highest BCUT2D eigenvalue weighted by Gasteiger charge is 2.25. The fraction of sp³-hybridized carbons (Fsp3) is 0.250. The fourth-order valence-corrected chi connectivity index (χ4v) is 3.23. The lowest BCUT2D eigenvalue weighted by Gasteiger charge is -2.29.